The van der Waals surface area contributed by atoms with Gasteiger partial charge in [0, 0.05) is 19.3 Å². The van der Waals surface area contributed by atoms with Crippen molar-refractivity contribution in [1.82, 2.24) is 14.6 Å². The lowest BCUT2D eigenvalue weighted by Gasteiger charge is -2.33. The van der Waals surface area contributed by atoms with Crippen LogP contribution in [0.2, 0.25) is 0 Å². The minimum Gasteiger partial charge on any atom is -0.372 e. The van der Waals surface area contributed by atoms with E-state index in [2.05, 4.69) is 9.71 Å². The number of pyridine rings is 1. The number of sulfonamides is 1. The van der Waals surface area contributed by atoms with Crippen LogP contribution in [0.1, 0.15) is 25.5 Å². The number of carbonyl (C=O) groups is 1. The number of carbonyl (C=O) groups excluding carboxylic acids is 1. The molecule has 7 nitrogen and oxygen atoms in total. The molecule has 0 aliphatic carbocycles. The van der Waals surface area contributed by atoms with Crippen molar-refractivity contribution in [2.45, 2.75) is 38.5 Å². The van der Waals surface area contributed by atoms with E-state index in [1.54, 1.807) is 18.0 Å². The summed E-state index contributed by atoms with van der Waals surface area (Å²) < 4.78 is 30.5. The number of nitrogens with one attached hydrogen (secondary N) is 1. The van der Waals surface area contributed by atoms with Gasteiger partial charge in [0.15, 0.2) is 0 Å². The summed E-state index contributed by atoms with van der Waals surface area (Å²) >= 11 is 0. The summed E-state index contributed by atoms with van der Waals surface area (Å²) in [5, 5.41) is 0. The van der Waals surface area contributed by atoms with Gasteiger partial charge in [-0.25, -0.2) is 13.1 Å². The normalized spacial score (nSPS) is 17.9. The lowest BCUT2D eigenvalue weighted by molar-refractivity contribution is -0.135. The van der Waals surface area contributed by atoms with Gasteiger partial charge in [-0.15, -0.1) is 0 Å². The fourth-order valence-electron chi connectivity index (χ4n) is 2.57. The van der Waals surface area contributed by atoms with Crippen molar-refractivity contribution in [3.05, 3.63) is 30.1 Å². The number of hydrogen-bond donors (Lipinski definition) is 1. The van der Waals surface area contributed by atoms with E-state index >= 15 is 0 Å². The first-order chi connectivity index (χ1) is 10.8. The summed E-state index contributed by atoms with van der Waals surface area (Å²) in [5.41, 5.74) is 0.886. The van der Waals surface area contributed by atoms with Gasteiger partial charge in [-0.3, -0.25) is 9.78 Å². The van der Waals surface area contributed by atoms with Crippen LogP contribution in [0.4, 0.5) is 0 Å². The number of nitrogens with zero attached hydrogens (tertiary/aromatic N) is 2. The molecule has 1 atom stereocenters. The van der Waals surface area contributed by atoms with Gasteiger partial charge >= 0.3 is 0 Å². The van der Waals surface area contributed by atoms with Crippen molar-refractivity contribution in [2.24, 2.45) is 0 Å². The van der Waals surface area contributed by atoms with E-state index in [0.717, 1.165) is 24.8 Å². The van der Waals surface area contributed by atoms with Crippen LogP contribution in [0, 0.1) is 0 Å². The second kappa shape index (κ2) is 7.85. The molecule has 2 heterocycles. The first kappa shape index (κ1) is 17.8. The highest BCUT2D eigenvalue weighted by Gasteiger charge is 2.27. The Hall–Kier alpha value is -1.51. The first-order valence-electron chi connectivity index (χ1n) is 7.63. The molecule has 1 amide bonds. The smallest absolute Gasteiger partial charge is 0.240 e. The Balaban J connectivity index is 1.76. The molecule has 23 heavy (non-hydrogen) atoms. The highest BCUT2D eigenvalue weighted by atomic mass is 32.2. The molecular weight excluding hydrogens is 318 g/mol. The van der Waals surface area contributed by atoms with Gasteiger partial charge in [-0.05, 0) is 31.9 Å². The number of hydrogen-bond acceptors (Lipinski definition) is 5. The predicted molar refractivity (Wildman–Crippen MR) is 86.1 cm³/mol. The Morgan fingerprint density at radius 2 is 2.13 bits per heavy atom. The second-order valence-electron chi connectivity index (χ2n) is 5.77. The van der Waals surface area contributed by atoms with E-state index in [-0.39, 0.29) is 12.0 Å². The number of amides is 1. The van der Waals surface area contributed by atoms with Crippen LogP contribution in [0.3, 0.4) is 0 Å². The summed E-state index contributed by atoms with van der Waals surface area (Å²) in [7, 11) is -3.39. The highest BCUT2D eigenvalue weighted by Crippen LogP contribution is 2.16. The van der Waals surface area contributed by atoms with E-state index in [0.29, 0.717) is 19.7 Å². The van der Waals surface area contributed by atoms with Crippen molar-refractivity contribution < 1.29 is 17.9 Å². The Labute approximate surface area is 137 Å². The van der Waals surface area contributed by atoms with E-state index < -0.39 is 16.1 Å². The molecule has 0 spiro atoms. The number of likely N-dealkylation sites (tertiary alicyclic amines) is 1. The van der Waals surface area contributed by atoms with Gasteiger partial charge in [0.05, 0.1) is 30.7 Å². The van der Waals surface area contributed by atoms with Gasteiger partial charge in [0.25, 0.3) is 0 Å². The van der Waals surface area contributed by atoms with Crippen molar-refractivity contribution in [1.29, 1.82) is 0 Å². The largest absolute Gasteiger partial charge is 0.372 e. The first-order valence-corrected chi connectivity index (χ1v) is 9.52. The van der Waals surface area contributed by atoms with Gasteiger partial charge in [-0.1, -0.05) is 6.07 Å². The summed E-state index contributed by atoms with van der Waals surface area (Å²) in [6.07, 6.45) is 4.36. The Kier molecular flexibility index (Phi) is 6.09. The second-order valence-corrected chi connectivity index (χ2v) is 7.55. The molecule has 0 bridgehead atoms. The molecule has 1 unspecified atom stereocenters. The number of rotatable bonds is 6. The quantitative estimate of drug-likeness (QED) is 0.815. The Morgan fingerprint density at radius 1 is 1.43 bits per heavy atom. The zero-order chi connectivity index (χ0) is 16.9. The molecule has 8 heteroatoms. The zero-order valence-electron chi connectivity index (χ0n) is 13.4. The predicted octanol–water partition coefficient (Wildman–Crippen LogP) is 0.527. The SMILES string of the molecule is CC(NS(C)(=O)=O)C(=O)N1CCC(OCc2ccccn2)CC1. The average Bonchev–Trinajstić information content (AvgIpc) is 2.52. The van der Waals surface area contributed by atoms with Gasteiger partial charge in [0.2, 0.25) is 15.9 Å². The molecule has 1 N–H and O–H groups in total. The van der Waals surface area contributed by atoms with Crippen LogP contribution in [0.15, 0.2) is 24.4 Å². The van der Waals surface area contributed by atoms with Gasteiger partial charge in [0.1, 0.15) is 0 Å². The fourth-order valence-corrected chi connectivity index (χ4v) is 3.32. The van der Waals surface area contributed by atoms with E-state index in [1.165, 1.54) is 0 Å². The Morgan fingerprint density at radius 3 is 2.70 bits per heavy atom. The van der Waals surface area contributed by atoms with Crippen molar-refractivity contribution in [3.8, 4) is 0 Å². The van der Waals surface area contributed by atoms with E-state index in [4.69, 9.17) is 4.74 Å². The number of piperidine rings is 1. The zero-order valence-corrected chi connectivity index (χ0v) is 14.3. The van der Waals surface area contributed by atoms with Crippen molar-refractivity contribution in [3.63, 3.8) is 0 Å². The third-order valence-electron chi connectivity index (χ3n) is 3.71. The topological polar surface area (TPSA) is 88.6 Å². The van der Waals surface area contributed by atoms with Crippen LogP contribution in [0.25, 0.3) is 0 Å². The summed E-state index contributed by atoms with van der Waals surface area (Å²) in [5.74, 6) is -0.196. The highest BCUT2D eigenvalue weighted by molar-refractivity contribution is 7.88. The number of aromatic nitrogens is 1. The maximum atomic E-state index is 12.2. The molecule has 1 saturated heterocycles. The maximum Gasteiger partial charge on any atom is 0.240 e. The minimum atomic E-state index is -3.39. The molecule has 1 aliphatic rings. The Bertz CT molecular complexity index is 613. The molecule has 1 fully saturated rings. The lowest BCUT2D eigenvalue weighted by Crippen LogP contribution is -2.49. The minimum absolute atomic E-state index is 0.0965. The van der Waals surface area contributed by atoms with Crippen molar-refractivity contribution in [2.75, 3.05) is 19.3 Å². The van der Waals surface area contributed by atoms with Gasteiger partial charge < -0.3 is 9.64 Å². The molecule has 2 rings (SSSR count). The molecule has 0 aromatic carbocycles. The standard InChI is InChI=1S/C15H23N3O4S/c1-12(17-23(2,20)21)15(19)18-9-6-14(7-10-18)22-11-13-5-3-4-8-16-13/h3-5,8,12,14,17H,6-7,9-11H2,1-2H3. The van der Waals surface area contributed by atoms with Crippen LogP contribution in [-0.2, 0) is 26.2 Å². The average molecular weight is 341 g/mol. The monoisotopic (exact) mass is 341 g/mol. The van der Waals surface area contributed by atoms with Crippen LogP contribution >= 0.6 is 0 Å². The third kappa shape index (κ3) is 5.89. The van der Waals surface area contributed by atoms with Crippen LogP contribution in [0.5, 0.6) is 0 Å². The van der Waals surface area contributed by atoms with Gasteiger partial charge in [-0.2, -0.15) is 0 Å². The lowest BCUT2D eigenvalue weighted by atomic mass is 10.1. The van der Waals surface area contributed by atoms with E-state index in [9.17, 15) is 13.2 Å². The molecular formula is C15H23N3O4S. The molecule has 128 valence electrons. The van der Waals surface area contributed by atoms with Crippen LogP contribution < -0.4 is 4.72 Å². The third-order valence-corrected chi connectivity index (χ3v) is 4.49. The molecule has 1 aromatic rings. The fraction of sp³-hybridized carbons (Fsp3) is 0.600. The summed E-state index contributed by atoms with van der Waals surface area (Å²) in [4.78, 5) is 18.1. The van der Waals surface area contributed by atoms with Crippen molar-refractivity contribution >= 4 is 15.9 Å². The molecule has 1 aromatic heterocycles. The molecule has 1 aliphatic heterocycles. The van der Waals surface area contributed by atoms with Crippen LogP contribution in [-0.4, -0.2) is 55.7 Å². The molecule has 0 saturated carbocycles. The molecule has 0 radical (unpaired) electrons. The summed E-state index contributed by atoms with van der Waals surface area (Å²) in [6.45, 7) is 3.17. The maximum absolute atomic E-state index is 12.2. The number of ether oxygens (including phenoxy) is 1. The van der Waals surface area contributed by atoms with E-state index in [1.807, 2.05) is 18.2 Å². The summed E-state index contributed by atoms with van der Waals surface area (Å²) in [6, 6.07) is 4.95.